The van der Waals surface area contributed by atoms with E-state index in [1.807, 2.05) is 36.5 Å². The molecule has 0 bridgehead atoms. The topological polar surface area (TPSA) is 136 Å². The third-order valence-electron chi connectivity index (χ3n) is 7.92. The van der Waals surface area contributed by atoms with Gasteiger partial charge in [-0.25, -0.2) is 0 Å². The van der Waals surface area contributed by atoms with Crippen LogP contribution in [0.5, 0.6) is 0 Å². The summed E-state index contributed by atoms with van der Waals surface area (Å²) in [5.41, 5.74) is 18.9. The highest BCUT2D eigenvalue weighted by atomic mass is 35.5. The first-order chi connectivity index (χ1) is 19.2. The summed E-state index contributed by atoms with van der Waals surface area (Å²) in [4.78, 5) is 6.16. The Morgan fingerprint density at radius 3 is 2.60 bits per heavy atom. The molecule has 1 aromatic carbocycles. The van der Waals surface area contributed by atoms with Gasteiger partial charge in [-0.3, -0.25) is 15.1 Å². The van der Waals surface area contributed by atoms with E-state index in [1.54, 1.807) is 12.4 Å². The molecule has 0 radical (unpaired) electrons. The number of fused-ring (bicyclic) bond motifs is 1. The average molecular weight is 577 g/mol. The van der Waals surface area contributed by atoms with Crippen molar-refractivity contribution in [1.29, 1.82) is 5.41 Å². The molecule has 2 aliphatic rings. The van der Waals surface area contributed by atoms with Gasteiger partial charge in [0.15, 0.2) is 5.82 Å². The van der Waals surface area contributed by atoms with Gasteiger partial charge in [0, 0.05) is 49.0 Å². The molecular formula is C29H31Cl2N9. The first-order valence-corrected chi connectivity index (χ1v) is 14.1. The van der Waals surface area contributed by atoms with Crippen molar-refractivity contribution in [1.82, 2.24) is 25.0 Å². The molecule has 0 amide bonds. The van der Waals surface area contributed by atoms with Gasteiger partial charge in [0.2, 0.25) is 0 Å². The number of anilines is 2. The largest absolute Gasteiger partial charge is 0.398 e. The van der Waals surface area contributed by atoms with E-state index in [2.05, 4.69) is 36.8 Å². The summed E-state index contributed by atoms with van der Waals surface area (Å²) in [6, 6.07) is 9.42. The van der Waals surface area contributed by atoms with Crippen molar-refractivity contribution >= 4 is 40.4 Å². The van der Waals surface area contributed by atoms with Crippen LogP contribution in [-0.4, -0.2) is 49.3 Å². The van der Waals surface area contributed by atoms with E-state index in [-0.39, 0.29) is 17.2 Å². The molecule has 6 rings (SSSR count). The number of pyridine rings is 1. The van der Waals surface area contributed by atoms with Crippen LogP contribution < -0.4 is 16.4 Å². The first kappa shape index (κ1) is 26.7. The number of nitrogens with one attached hydrogen (secondary N) is 1. The minimum atomic E-state index is -0.309. The minimum absolute atomic E-state index is 0.0500. The Morgan fingerprint density at radius 1 is 1.10 bits per heavy atom. The number of aryl methyl sites for hydroxylation is 1. The van der Waals surface area contributed by atoms with Gasteiger partial charge >= 0.3 is 0 Å². The SMILES string of the molecule is C[C@@H](Cc1ccc(N)c(C(=N)c2ccc(N3CC(N)(Cc4cnn5c4CCC5)C3)nn2)c1)c1c(Cl)cncc1Cl. The lowest BCUT2D eigenvalue weighted by Crippen LogP contribution is -2.69. The molecule has 0 spiro atoms. The zero-order valence-corrected chi connectivity index (χ0v) is 23.8. The fourth-order valence-corrected chi connectivity index (χ4v) is 6.64. The summed E-state index contributed by atoms with van der Waals surface area (Å²) in [6.07, 6.45) is 8.89. The van der Waals surface area contributed by atoms with Crippen LogP contribution in [0.4, 0.5) is 11.5 Å². The van der Waals surface area contributed by atoms with Gasteiger partial charge in [0.1, 0.15) is 5.69 Å². The highest BCUT2D eigenvalue weighted by molar-refractivity contribution is 6.35. The van der Waals surface area contributed by atoms with Gasteiger partial charge in [-0.2, -0.15) is 5.10 Å². The third-order valence-corrected chi connectivity index (χ3v) is 8.52. The molecule has 2 aliphatic heterocycles. The van der Waals surface area contributed by atoms with Crippen LogP contribution >= 0.6 is 23.2 Å². The maximum Gasteiger partial charge on any atom is 0.151 e. The average Bonchev–Trinajstić information content (AvgIpc) is 3.53. The Balaban J connectivity index is 1.12. The lowest BCUT2D eigenvalue weighted by Gasteiger charge is -2.48. The van der Waals surface area contributed by atoms with Crippen LogP contribution in [0, 0.1) is 5.41 Å². The zero-order valence-electron chi connectivity index (χ0n) is 22.2. The normalized spacial score (nSPS) is 16.4. The molecule has 206 valence electrons. The molecule has 0 unspecified atom stereocenters. The van der Waals surface area contributed by atoms with Crippen LogP contribution in [-0.2, 0) is 25.8 Å². The van der Waals surface area contributed by atoms with Crippen LogP contribution in [0.3, 0.4) is 0 Å². The molecule has 5 heterocycles. The van der Waals surface area contributed by atoms with E-state index in [0.29, 0.717) is 46.5 Å². The molecule has 9 nitrogen and oxygen atoms in total. The number of nitrogen functional groups attached to an aromatic ring is 1. The third kappa shape index (κ3) is 5.05. The number of rotatable bonds is 8. The molecule has 0 saturated carbocycles. The molecular weight excluding hydrogens is 545 g/mol. The van der Waals surface area contributed by atoms with Crippen molar-refractivity contribution in [2.75, 3.05) is 23.7 Å². The second-order valence-electron chi connectivity index (χ2n) is 11.0. The Kier molecular flexibility index (Phi) is 6.98. The molecule has 5 N–H and O–H groups in total. The minimum Gasteiger partial charge on any atom is -0.398 e. The van der Waals surface area contributed by atoms with Crippen molar-refractivity contribution in [2.45, 2.75) is 50.6 Å². The standard InChI is InChI=1S/C29H31Cl2N9/c1-17(27-21(30)13-35-14-22(27)31)9-18-4-5-23(32)20(10-18)28(33)24-6-7-26(38-37-24)39-15-29(34,16-39)11-19-12-36-40-8-2-3-25(19)40/h4-7,10,12-14,17,33H,2-3,8-9,11,15-16,32,34H2,1H3/t17-/m0/s1. The summed E-state index contributed by atoms with van der Waals surface area (Å²) in [7, 11) is 0. The highest BCUT2D eigenvalue weighted by Gasteiger charge is 2.41. The van der Waals surface area contributed by atoms with Crippen molar-refractivity contribution in [3.63, 3.8) is 0 Å². The number of nitrogens with two attached hydrogens (primary N) is 2. The summed E-state index contributed by atoms with van der Waals surface area (Å²) in [5, 5.41) is 23.2. The number of hydrogen-bond donors (Lipinski definition) is 3. The van der Waals surface area contributed by atoms with Gasteiger partial charge in [-0.15, -0.1) is 10.2 Å². The lowest BCUT2D eigenvalue weighted by molar-refractivity contribution is 0.327. The summed E-state index contributed by atoms with van der Waals surface area (Å²) >= 11 is 12.7. The predicted molar refractivity (Wildman–Crippen MR) is 159 cm³/mol. The Morgan fingerprint density at radius 2 is 1.88 bits per heavy atom. The van der Waals surface area contributed by atoms with Gasteiger partial charge in [0.05, 0.1) is 27.5 Å². The Hall–Kier alpha value is -3.53. The second kappa shape index (κ2) is 10.5. The van der Waals surface area contributed by atoms with Crippen LogP contribution in [0.1, 0.15) is 52.9 Å². The van der Waals surface area contributed by atoms with Gasteiger partial charge in [-0.1, -0.05) is 36.2 Å². The zero-order chi connectivity index (χ0) is 28.0. The van der Waals surface area contributed by atoms with Crippen molar-refractivity contribution < 1.29 is 0 Å². The van der Waals surface area contributed by atoms with E-state index in [1.165, 1.54) is 11.3 Å². The Labute approximate surface area is 243 Å². The molecule has 1 atom stereocenters. The van der Waals surface area contributed by atoms with Gasteiger partial charge < -0.3 is 16.4 Å². The predicted octanol–water partition coefficient (Wildman–Crippen LogP) is 4.43. The van der Waals surface area contributed by atoms with Crippen LogP contribution in [0.15, 0.2) is 48.9 Å². The van der Waals surface area contributed by atoms with E-state index in [9.17, 15) is 0 Å². The summed E-state index contributed by atoms with van der Waals surface area (Å²) < 4.78 is 2.10. The second-order valence-corrected chi connectivity index (χ2v) is 11.8. The van der Waals surface area contributed by atoms with Gasteiger partial charge in [-0.05, 0) is 72.6 Å². The molecule has 40 heavy (non-hydrogen) atoms. The van der Waals surface area contributed by atoms with Crippen molar-refractivity contribution in [3.8, 4) is 0 Å². The van der Waals surface area contributed by atoms with Crippen LogP contribution in [0.25, 0.3) is 0 Å². The maximum atomic E-state index is 8.82. The lowest BCUT2D eigenvalue weighted by atomic mass is 9.84. The number of halogens is 2. The van der Waals surface area contributed by atoms with E-state index < -0.39 is 0 Å². The van der Waals surface area contributed by atoms with Crippen LogP contribution in [0.2, 0.25) is 10.0 Å². The molecule has 0 aliphatic carbocycles. The van der Waals surface area contributed by atoms with Crippen molar-refractivity contribution in [2.24, 2.45) is 5.73 Å². The number of nitrogens with zero attached hydrogens (tertiary/aromatic N) is 6. The monoisotopic (exact) mass is 575 g/mol. The first-order valence-electron chi connectivity index (χ1n) is 13.4. The Bertz CT molecular complexity index is 1550. The smallest absolute Gasteiger partial charge is 0.151 e. The molecule has 1 saturated heterocycles. The fourth-order valence-electron chi connectivity index (χ4n) is 5.90. The number of hydrogen-bond acceptors (Lipinski definition) is 8. The molecule has 1 fully saturated rings. The maximum absolute atomic E-state index is 8.82. The molecule has 4 aromatic rings. The van der Waals surface area contributed by atoms with E-state index in [0.717, 1.165) is 42.8 Å². The van der Waals surface area contributed by atoms with E-state index >= 15 is 0 Å². The van der Waals surface area contributed by atoms with Gasteiger partial charge in [0.25, 0.3) is 0 Å². The highest BCUT2D eigenvalue weighted by Crippen LogP contribution is 2.33. The molecule has 3 aromatic heterocycles. The summed E-state index contributed by atoms with van der Waals surface area (Å²) in [5.74, 6) is 0.800. The summed E-state index contributed by atoms with van der Waals surface area (Å²) in [6.45, 7) is 4.46. The fraction of sp³-hybridized carbons (Fsp3) is 0.345. The number of benzene rings is 1. The molecule has 11 heteroatoms. The van der Waals surface area contributed by atoms with Crippen molar-refractivity contribution in [3.05, 3.63) is 92.6 Å². The quantitative estimate of drug-likeness (QED) is 0.209. The number of aromatic nitrogens is 5. The van der Waals surface area contributed by atoms with E-state index in [4.69, 9.17) is 40.1 Å².